The standard InChI is InChI=1S/C40H53N7O2/c1-36(2,3)28-18-27-20-46-22-39(10,11)47-21-26-16-25(14-13-15-45(12)35-31-34(42-23-41-31)43-24-44-35)17-29(37(4,5)6)32(26)48-40(46,47)49-33(27)30(19-28)38(7,8)9/h16-21,23-24H,13-15,22H2,1-12H3,(H,41,42,43,44)/q+2. The first-order valence-corrected chi connectivity index (χ1v) is 17.6. The number of benzene rings is 2. The molecule has 1 saturated heterocycles. The summed E-state index contributed by atoms with van der Waals surface area (Å²) in [6, 6.07) is 8.19. The normalized spacial score (nSPS) is 19.6. The van der Waals surface area contributed by atoms with Crippen LogP contribution in [0.2, 0.25) is 0 Å². The Kier molecular flexibility index (Phi) is 7.37. The topological polar surface area (TPSA) is 82.2 Å². The van der Waals surface area contributed by atoms with Gasteiger partial charge in [-0.05, 0) is 52.3 Å². The van der Waals surface area contributed by atoms with Gasteiger partial charge in [-0.1, -0.05) is 83.6 Å². The quantitative estimate of drug-likeness (QED) is 0.230. The van der Waals surface area contributed by atoms with E-state index in [0.29, 0.717) is 5.65 Å². The number of aromatic amines is 1. The fraction of sp³-hybridized carbons (Fsp3) is 0.525. The van der Waals surface area contributed by atoms with E-state index in [0.717, 1.165) is 59.9 Å². The van der Waals surface area contributed by atoms with Crippen molar-refractivity contribution in [2.75, 3.05) is 25.0 Å². The summed E-state index contributed by atoms with van der Waals surface area (Å²) in [5, 5.41) is 0. The lowest BCUT2D eigenvalue weighted by Crippen LogP contribution is -2.61. The van der Waals surface area contributed by atoms with Crippen LogP contribution < -0.4 is 14.4 Å². The summed E-state index contributed by atoms with van der Waals surface area (Å²) in [5.74, 6) is 2.67. The van der Waals surface area contributed by atoms with E-state index in [-0.39, 0.29) is 21.8 Å². The molecule has 0 aliphatic carbocycles. The number of aromatic nitrogens is 4. The zero-order valence-electron chi connectivity index (χ0n) is 31.4. The lowest BCUT2D eigenvalue weighted by molar-refractivity contribution is -0.867. The number of rotatable bonds is 5. The van der Waals surface area contributed by atoms with Gasteiger partial charge in [0.25, 0.3) is 0 Å². The molecule has 258 valence electrons. The van der Waals surface area contributed by atoms with Crippen LogP contribution in [0.5, 0.6) is 11.5 Å². The number of imidazole rings is 1. The Morgan fingerprint density at radius 2 is 1.47 bits per heavy atom. The predicted octanol–water partition coefficient (Wildman–Crippen LogP) is 7.07. The third-order valence-corrected chi connectivity index (χ3v) is 10.2. The molecule has 4 aromatic rings. The second-order valence-electron chi connectivity index (χ2n) is 17.9. The monoisotopic (exact) mass is 663 g/mol. The molecular formula is C40H53N7O2+2. The maximum absolute atomic E-state index is 7.29. The second kappa shape index (κ2) is 10.9. The summed E-state index contributed by atoms with van der Waals surface area (Å²) in [6.45, 7) is 26.6. The molecule has 0 radical (unpaired) electrons. The van der Waals surface area contributed by atoms with Crippen molar-refractivity contribution in [1.82, 2.24) is 19.9 Å². The summed E-state index contributed by atoms with van der Waals surface area (Å²) in [5.41, 5.74) is 8.25. The first-order chi connectivity index (χ1) is 22.8. The van der Waals surface area contributed by atoms with Crippen LogP contribution in [-0.4, -0.2) is 73.2 Å². The maximum Gasteiger partial charge on any atom is 0.704 e. The molecule has 0 saturated carbocycles. The SMILES string of the molecule is CN(CCCc1cc2c(c(C(C)(C)C)c1)OC13Oc4c(cc(C(C)(C)C)cc4C(C)(C)C)C=[N+]1CC(C)(C)[N+]3=C2)c1ncnc2nc[nH]c12. The molecule has 0 bridgehead atoms. The molecule has 9 nitrogen and oxygen atoms in total. The zero-order chi connectivity index (χ0) is 35.3. The van der Waals surface area contributed by atoms with Crippen molar-refractivity contribution in [3.63, 3.8) is 0 Å². The third kappa shape index (κ3) is 5.59. The number of aryl methyl sites for hydroxylation is 1. The van der Waals surface area contributed by atoms with Gasteiger partial charge in [0.2, 0.25) is 12.1 Å². The van der Waals surface area contributed by atoms with Crippen LogP contribution in [0.15, 0.2) is 36.9 Å². The van der Waals surface area contributed by atoms with Crippen LogP contribution in [0.3, 0.4) is 0 Å². The van der Waals surface area contributed by atoms with Gasteiger partial charge >= 0.3 is 6.03 Å². The summed E-state index contributed by atoms with van der Waals surface area (Å²) in [6.07, 6.45) is 9.71. The molecule has 7 rings (SSSR count). The van der Waals surface area contributed by atoms with Gasteiger partial charge in [0.05, 0.1) is 17.5 Å². The van der Waals surface area contributed by atoms with Gasteiger partial charge < -0.3 is 19.4 Å². The first-order valence-electron chi connectivity index (χ1n) is 17.6. The Morgan fingerprint density at radius 1 is 0.816 bits per heavy atom. The van der Waals surface area contributed by atoms with Crippen molar-refractivity contribution in [1.29, 1.82) is 0 Å². The lowest BCUT2D eigenvalue weighted by atomic mass is 9.79. The minimum atomic E-state index is -1.12. The van der Waals surface area contributed by atoms with E-state index < -0.39 is 6.03 Å². The summed E-state index contributed by atoms with van der Waals surface area (Å²) in [7, 11) is 2.08. The molecule has 2 aromatic heterocycles. The molecule has 9 heteroatoms. The van der Waals surface area contributed by atoms with Crippen molar-refractivity contribution in [2.45, 2.75) is 117 Å². The van der Waals surface area contributed by atoms with E-state index in [1.165, 1.54) is 22.3 Å². The van der Waals surface area contributed by atoms with E-state index in [1.807, 2.05) is 0 Å². The Hall–Kier alpha value is -4.27. The zero-order valence-corrected chi connectivity index (χ0v) is 31.4. The van der Waals surface area contributed by atoms with Gasteiger partial charge in [0.1, 0.15) is 11.8 Å². The molecule has 2 aromatic carbocycles. The minimum absolute atomic E-state index is 0.0131. The molecule has 3 aliphatic heterocycles. The van der Waals surface area contributed by atoms with Crippen molar-refractivity contribution >= 4 is 29.4 Å². The smallest absolute Gasteiger partial charge is 0.358 e. The minimum Gasteiger partial charge on any atom is -0.358 e. The number of hydrogen-bond acceptors (Lipinski definition) is 6. The van der Waals surface area contributed by atoms with Crippen molar-refractivity contribution < 1.29 is 18.6 Å². The number of fused-ring (bicyclic) bond motifs is 3. The number of nitrogens with one attached hydrogen (secondary N) is 1. The van der Waals surface area contributed by atoms with E-state index in [4.69, 9.17) is 9.47 Å². The second-order valence-corrected chi connectivity index (χ2v) is 17.9. The molecule has 1 fully saturated rings. The van der Waals surface area contributed by atoms with Crippen LogP contribution in [-0.2, 0) is 22.7 Å². The Morgan fingerprint density at radius 3 is 2.12 bits per heavy atom. The highest BCUT2D eigenvalue weighted by molar-refractivity contribution is 5.85. The molecule has 3 aliphatic rings. The van der Waals surface area contributed by atoms with E-state index in [9.17, 15) is 0 Å². The summed E-state index contributed by atoms with van der Waals surface area (Å²) >= 11 is 0. The molecule has 5 heterocycles. The fourth-order valence-electron chi connectivity index (χ4n) is 7.45. The Labute approximate surface area is 291 Å². The van der Waals surface area contributed by atoms with Crippen molar-refractivity contribution in [3.05, 3.63) is 70.3 Å². The Balaban J connectivity index is 1.26. The van der Waals surface area contributed by atoms with E-state index >= 15 is 0 Å². The Bertz CT molecular complexity index is 2030. The molecule has 0 amide bonds. The predicted molar refractivity (Wildman–Crippen MR) is 196 cm³/mol. The van der Waals surface area contributed by atoms with Gasteiger partial charge in [-0.25, -0.2) is 15.0 Å². The third-order valence-electron chi connectivity index (χ3n) is 10.2. The number of nitrogens with zero attached hydrogens (tertiary/aromatic N) is 6. The number of anilines is 1. The highest BCUT2D eigenvalue weighted by Crippen LogP contribution is 2.48. The first kappa shape index (κ1) is 33.2. The van der Waals surface area contributed by atoms with E-state index in [2.05, 4.69) is 154 Å². The van der Waals surface area contributed by atoms with Gasteiger partial charge in [0.15, 0.2) is 35.4 Å². The fourth-order valence-corrected chi connectivity index (χ4v) is 7.45. The van der Waals surface area contributed by atoms with Crippen LogP contribution in [0, 0.1) is 0 Å². The molecule has 1 unspecified atom stereocenters. The lowest BCUT2D eigenvalue weighted by Gasteiger charge is -2.34. The highest BCUT2D eigenvalue weighted by atomic mass is 16.7. The van der Waals surface area contributed by atoms with Gasteiger partial charge in [-0.15, -0.1) is 0 Å². The molecular weight excluding hydrogens is 610 g/mol. The van der Waals surface area contributed by atoms with Gasteiger partial charge in [-0.2, -0.15) is 0 Å². The number of ether oxygens (including phenoxy) is 2. The largest absolute Gasteiger partial charge is 0.704 e. The van der Waals surface area contributed by atoms with Gasteiger partial charge in [-0.3, -0.25) is 0 Å². The van der Waals surface area contributed by atoms with Gasteiger partial charge in [0, 0.05) is 38.6 Å². The van der Waals surface area contributed by atoms with E-state index in [1.54, 1.807) is 12.7 Å². The van der Waals surface area contributed by atoms with Crippen molar-refractivity contribution in [2.24, 2.45) is 0 Å². The molecule has 1 spiro atoms. The van der Waals surface area contributed by atoms with Crippen molar-refractivity contribution in [3.8, 4) is 11.5 Å². The summed E-state index contributed by atoms with van der Waals surface area (Å²) < 4.78 is 19.1. The average molecular weight is 664 g/mol. The average Bonchev–Trinajstić information content (AvgIpc) is 3.56. The maximum atomic E-state index is 7.29. The summed E-state index contributed by atoms with van der Waals surface area (Å²) in [4.78, 5) is 18.5. The molecule has 49 heavy (non-hydrogen) atoms. The molecule has 1 atom stereocenters. The molecule has 1 N–H and O–H groups in total. The highest BCUT2D eigenvalue weighted by Gasteiger charge is 2.75. The van der Waals surface area contributed by atoms with Crippen LogP contribution in [0.25, 0.3) is 11.2 Å². The van der Waals surface area contributed by atoms with Crippen LogP contribution in [0.4, 0.5) is 5.82 Å². The number of hydrogen-bond donors (Lipinski definition) is 1. The number of H-pyrrole nitrogens is 1. The van der Waals surface area contributed by atoms with Crippen LogP contribution >= 0.6 is 0 Å². The van der Waals surface area contributed by atoms with Crippen LogP contribution in [0.1, 0.15) is 116 Å².